The molecule has 0 aliphatic carbocycles. The summed E-state index contributed by atoms with van der Waals surface area (Å²) >= 11 is 4.30. The molecule has 0 fully saturated rings. The second-order valence-electron chi connectivity index (χ2n) is 3.60. The Morgan fingerprint density at radius 2 is 2.08 bits per heavy atom. The summed E-state index contributed by atoms with van der Waals surface area (Å²) in [6, 6.07) is 8.40. The van der Waals surface area contributed by atoms with E-state index < -0.39 is 0 Å². The van der Waals surface area contributed by atoms with E-state index in [1.54, 1.807) is 0 Å². The molecule has 0 spiro atoms. The molecule has 1 aromatic carbocycles. The molecule has 0 saturated carbocycles. The van der Waals surface area contributed by atoms with Gasteiger partial charge in [0.25, 0.3) is 0 Å². The summed E-state index contributed by atoms with van der Waals surface area (Å²) in [5, 5.41) is 0. The minimum absolute atomic E-state index is 0.786. The molecule has 0 amide bonds. The monoisotopic (exact) mass is 180 g/mol. The van der Waals surface area contributed by atoms with Crippen LogP contribution in [0.4, 0.5) is 0 Å². The summed E-state index contributed by atoms with van der Waals surface area (Å²) in [6.45, 7) is 4.51. The predicted molar refractivity (Wildman–Crippen MR) is 56.9 cm³/mol. The highest BCUT2D eigenvalue weighted by atomic mass is 32.1. The molecule has 1 heteroatoms. The van der Waals surface area contributed by atoms with Crippen molar-refractivity contribution in [3.8, 4) is 0 Å². The van der Waals surface area contributed by atoms with Crippen molar-refractivity contribution in [1.82, 2.24) is 0 Å². The average molecular weight is 180 g/mol. The van der Waals surface area contributed by atoms with Crippen molar-refractivity contribution in [2.75, 3.05) is 0 Å². The Morgan fingerprint density at radius 1 is 1.33 bits per heavy atom. The molecule has 0 atom stereocenters. The number of thiol groups is 1. The van der Waals surface area contributed by atoms with Crippen LogP contribution in [-0.2, 0) is 6.42 Å². The number of hydrogen-bond acceptors (Lipinski definition) is 1. The van der Waals surface area contributed by atoms with Gasteiger partial charge in [0.1, 0.15) is 0 Å². The van der Waals surface area contributed by atoms with Crippen molar-refractivity contribution in [2.45, 2.75) is 31.6 Å². The third-order valence-corrected chi connectivity index (χ3v) is 2.20. The van der Waals surface area contributed by atoms with Crippen molar-refractivity contribution < 1.29 is 0 Å². The van der Waals surface area contributed by atoms with Crippen LogP contribution in [0.1, 0.15) is 25.8 Å². The van der Waals surface area contributed by atoms with Gasteiger partial charge in [0.2, 0.25) is 0 Å². The molecule has 0 N–H and O–H groups in total. The lowest BCUT2D eigenvalue weighted by molar-refractivity contribution is 0.586. The summed E-state index contributed by atoms with van der Waals surface area (Å²) < 4.78 is 0. The fraction of sp³-hybridized carbons (Fsp3) is 0.455. The summed E-state index contributed by atoms with van der Waals surface area (Å²) in [5.41, 5.74) is 1.40. The minimum Gasteiger partial charge on any atom is -0.143 e. The van der Waals surface area contributed by atoms with Crippen molar-refractivity contribution in [1.29, 1.82) is 0 Å². The Labute approximate surface area is 80.4 Å². The molecule has 0 unspecified atom stereocenters. The number of hydrogen-bond donors (Lipinski definition) is 1. The average Bonchev–Trinajstić information content (AvgIpc) is 2.01. The van der Waals surface area contributed by atoms with Gasteiger partial charge < -0.3 is 0 Å². The molecule has 0 nitrogen and oxygen atoms in total. The molecule has 0 saturated heterocycles. The smallest absolute Gasteiger partial charge is 0.00427 e. The molecular weight excluding hydrogens is 164 g/mol. The van der Waals surface area contributed by atoms with Crippen molar-refractivity contribution in [2.24, 2.45) is 5.92 Å². The molecule has 0 bridgehead atoms. The first-order valence-corrected chi connectivity index (χ1v) is 4.91. The van der Waals surface area contributed by atoms with Crippen molar-refractivity contribution >= 4 is 12.6 Å². The van der Waals surface area contributed by atoms with Gasteiger partial charge in [0.05, 0.1) is 0 Å². The third-order valence-electron chi connectivity index (χ3n) is 1.92. The molecule has 66 valence electrons. The van der Waals surface area contributed by atoms with E-state index in [9.17, 15) is 0 Å². The Bertz CT molecular complexity index is 241. The molecular formula is C11H16S. The maximum Gasteiger partial charge on any atom is 0.00427 e. The normalized spacial score (nSPS) is 10.7. The van der Waals surface area contributed by atoms with Crippen molar-refractivity contribution in [3.05, 3.63) is 29.8 Å². The fourth-order valence-corrected chi connectivity index (χ4v) is 1.42. The van der Waals surface area contributed by atoms with E-state index >= 15 is 0 Å². The molecule has 0 heterocycles. The lowest BCUT2D eigenvalue weighted by atomic mass is 10.0. The first kappa shape index (κ1) is 9.66. The molecule has 1 rings (SSSR count). The van der Waals surface area contributed by atoms with E-state index in [1.165, 1.54) is 18.4 Å². The standard InChI is InChI=1S/C11H16S/c1-9(2)6-7-10-4-3-5-11(12)8-10/h3-5,8-9,12H,6-7H2,1-2H3. The van der Waals surface area contributed by atoms with Gasteiger partial charge in [0.15, 0.2) is 0 Å². The van der Waals surface area contributed by atoms with Gasteiger partial charge in [-0.15, -0.1) is 12.6 Å². The Morgan fingerprint density at radius 3 is 2.67 bits per heavy atom. The van der Waals surface area contributed by atoms with Crippen LogP contribution in [0, 0.1) is 5.92 Å². The first-order chi connectivity index (χ1) is 5.68. The van der Waals surface area contributed by atoms with Gasteiger partial charge in [0, 0.05) is 4.90 Å². The zero-order chi connectivity index (χ0) is 8.97. The van der Waals surface area contributed by atoms with Crippen LogP contribution in [0.3, 0.4) is 0 Å². The number of benzene rings is 1. The van der Waals surface area contributed by atoms with Crippen LogP contribution in [0.5, 0.6) is 0 Å². The molecule has 0 aliphatic heterocycles. The zero-order valence-corrected chi connectivity index (χ0v) is 8.64. The van der Waals surface area contributed by atoms with E-state index in [0.29, 0.717) is 0 Å². The second-order valence-corrected chi connectivity index (χ2v) is 4.12. The predicted octanol–water partition coefficient (Wildman–Crippen LogP) is 3.56. The molecule has 0 radical (unpaired) electrons. The van der Waals surface area contributed by atoms with Crippen LogP contribution < -0.4 is 0 Å². The van der Waals surface area contributed by atoms with Gasteiger partial charge in [-0.1, -0.05) is 26.0 Å². The summed E-state index contributed by atoms with van der Waals surface area (Å²) in [5.74, 6) is 0.786. The summed E-state index contributed by atoms with van der Waals surface area (Å²) in [4.78, 5) is 1.07. The Kier molecular flexibility index (Phi) is 3.67. The molecule has 0 aliphatic rings. The molecule has 1 aromatic rings. The van der Waals surface area contributed by atoms with Gasteiger partial charge in [-0.05, 0) is 36.5 Å². The Hall–Kier alpha value is -0.430. The molecule has 0 aromatic heterocycles. The maximum absolute atomic E-state index is 4.30. The summed E-state index contributed by atoms with van der Waals surface area (Å²) in [7, 11) is 0. The van der Waals surface area contributed by atoms with E-state index in [1.807, 2.05) is 6.07 Å². The van der Waals surface area contributed by atoms with Crippen LogP contribution >= 0.6 is 12.6 Å². The van der Waals surface area contributed by atoms with E-state index in [4.69, 9.17) is 0 Å². The first-order valence-electron chi connectivity index (χ1n) is 4.46. The van der Waals surface area contributed by atoms with Crippen LogP contribution in [0.2, 0.25) is 0 Å². The minimum atomic E-state index is 0.786. The lowest BCUT2D eigenvalue weighted by Crippen LogP contribution is -1.91. The number of aryl methyl sites for hydroxylation is 1. The van der Waals surface area contributed by atoms with E-state index in [0.717, 1.165) is 10.8 Å². The summed E-state index contributed by atoms with van der Waals surface area (Å²) in [6.07, 6.45) is 2.43. The van der Waals surface area contributed by atoms with Crippen LogP contribution in [0.15, 0.2) is 29.2 Å². The molecule has 12 heavy (non-hydrogen) atoms. The van der Waals surface area contributed by atoms with Gasteiger partial charge in [-0.2, -0.15) is 0 Å². The SMILES string of the molecule is CC(C)CCc1cccc(S)c1. The van der Waals surface area contributed by atoms with Crippen molar-refractivity contribution in [3.63, 3.8) is 0 Å². The largest absolute Gasteiger partial charge is 0.143 e. The van der Waals surface area contributed by atoms with Crippen LogP contribution in [0.25, 0.3) is 0 Å². The van der Waals surface area contributed by atoms with E-state index in [2.05, 4.69) is 44.7 Å². The van der Waals surface area contributed by atoms with Gasteiger partial charge in [-0.25, -0.2) is 0 Å². The topological polar surface area (TPSA) is 0 Å². The zero-order valence-electron chi connectivity index (χ0n) is 7.75. The highest BCUT2D eigenvalue weighted by Crippen LogP contribution is 2.12. The fourth-order valence-electron chi connectivity index (χ4n) is 1.17. The number of rotatable bonds is 3. The quantitative estimate of drug-likeness (QED) is 0.675. The van der Waals surface area contributed by atoms with Gasteiger partial charge in [-0.3, -0.25) is 0 Å². The second kappa shape index (κ2) is 4.56. The van der Waals surface area contributed by atoms with E-state index in [-0.39, 0.29) is 0 Å². The maximum atomic E-state index is 4.30. The highest BCUT2D eigenvalue weighted by molar-refractivity contribution is 7.80. The highest BCUT2D eigenvalue weighted by Gasteiger charge is 1.96. The lowest BCUT2D eigenvalue weighted by Gasteiger charge is -2.04. The third kappa shape index (κ3) is 3.31. The Balaban J connectivity index is 2.52. The van der Waals surface area contributed by atoms with Gasteiger partial charge >= 0.3 is 0 Å². The van der Waals surface area contributed by atoms with Crippen LogP contribution in [-0.4, -0.2) is 0 Å².